The number of nitrogens with zero attached hydrogens (tertiary/aromatic N) is 2. The van der Waals surface area contributed by atoms with Crippen LogP contribution in [0.2, 0.25) is 0 Å². The summed E-state index contributed by atoms with van der Waals surface area (Å²) in [7, 11) is 0. The van der Waals surface area contributed by atoms with Gasteiger partial charge in [0.25, 0.3) is 0 Å². The molecule has 2 bridgehead atoms. The van der Waals surface area contributed by atoms with Crippen LogP contribution < -0.4 is 17.0 Å². The number of benzene rings is 1. The first-order valence-electron chi connectivity index (χ1n) is 6.60. The van der Waals surface area contributed by atoms with Gasteiger partial charge in [-0.2, -0.15) is 5.26 Å². The second-order valence-corrected chi connectivity index (χ2v) is 5.71. The topological polar surface area (TPSA) is 23.8 Å². The van der Waals surface area contributed by atoms with Gasteiger partial charge in [-0.25, -0.2) is 0 Å². The van der Waals surface area contributed by atoms with E-state index in [1.165, 1.54) is 31.5 Å². The Hall–Kier alpha value is -0.850. The Labute approximate surface area is 120 Å². The van der Waals surface area contributed by atoms with Gasteiger partial charge < -0.3 is 21.5 Å². The van der Waals surface area contributed by atoms with Crippen LogP contribution in [0.5, 0.6) is 0 Å². The molecule has 3 rings (SSSR count). The minimum absolute atomic E-state index is 0. The van der Waals surface area contributed by atoms with E-state index in [0.29, 0.717) is 11.8 Å². The van der Waals surface area contributed by atoms with Crippen molar-refractivity contribution in [2.45, 2.75) is 19.4 Å². The van der Waals surface area contributed by atoms with Crippen molar-refractivity contribution < 1.29 is 21.5 Å². The second kappa shape index (κ2) is 5.42. The molecular weight excluding hydrogens is 288 g/mol. The van der Waals surface area contributed by atoms with E-state index in [0.717, 1.165) is 17.6 Å². The van der Waals surface area contributed by atoms with Crippen molar-refractivity contribution in [1.82, 2.24) is 0 Å². The molecule has 2 saturated heterocycles. The number of fused-ring (bicyclic) bond motifs is 2. The second-order valence-electron chi connectivity index (χ2n) is 5.71. The van der Waals surface area contributed by atoms with Crippen LogP contribution in [0, 0.1) is 23.2 Å². The summed E-state index contributed by atoms with van der Waals surface area (Å²) in [5.74, 6) is 0.971. The fourth-order valence-electron chi connectivity index (χ4n) is 3.75. The number of halogens is 1. The summed E-state index contributed by atoms with van der Waals surface area (Å²) in [5, 5.41) is 9.23. The van der Waals surface area contributed by atoms with Gasteiger partial charge in [-0.1, -0.05) is 30.3 Å². The molecule has 0 saturated carbocycles. The Balaban J connectivity index is 0.00000120. The van der Waals surface area contributed by atoms with E-state index in [4.69, 9.17) is 0 Å². The standard InChI is InChI=1S/C15H19N2.BrH/c16-9-15-12-17(8-4-7-14(15)11-17)10-13-5-2-1-3-6-13;/h1-3,5-6,14-15H,4,7-8,10-12H2;1H/q+1;/p-1. The minimum Gasteiger partial charge on any atom is -1.00 e. The van der Waals surface area contributed by atoms with Gasteiger partial charge >= 0.3 is 0 Å². The normalized spacial score (nSPS) is 33.5. The summed E-state index contributed by atoms with van der Waals surface area (Å²) < 4.78 is 1.16. The summed E-state index contributed by atoms with van der Waals surface area (Å²) in [5.41, 5.74) is 1.42. The number of rotatable bonds is 2. The Morgan fingerprint density at radius 2 is 2.00 bits per heavy atom. The minimum atomic E-state index is 0. The molecule has 18 heavy (non-hydrogen) atoms. The lowest BCUT2D eigenvalue weighted by atomic mass is 9.92. The number of hydrogen-bond donors (Lipinski definition) is 0. The summed E-state index contributed by atoms with van der Waals surface area (Å²) in [6.07, 6.45) is 2.57. The van der Waals surface area contributed by atoms with Gasteiger partial charge in [-0.3, -0.25) is 0 Å². The monoisotopic (exact) mass is 306 g/mol. The van der Waals surface area contributed by atoms with Crippen molar-refractivity contribution in [3.05, 3.63) is 35.9 Å². The molecule has 2 fully saturated rings. The third kappa shape index (κ3) is 2.46. The molecule has 0 spiro atoms. The van der Waals surface area contributed by atoms with E-state index >= 15 is 0 Å². The fraction of sp³-hybridized carbons (Fsp3) is 0.533. The Bertz CT molecular complexity index is 440. The van der Waals surface area contributed by atoms with E-state index in [2.05, 4.69) is 36.4 Å². The van der Waals surface area contributed by atoms with Crippen LogP contribution in [0.15, 0.2) is 30.3 Å². The van der Waals surface area contributed by atoms with E-state index in [-0.39, 0.29) is 17.0 Å². The van der Waals surface area contributed by atoms with Gasteiger partial charge in [-0.15, -0.1) is 0 Å². The maximum Gasteiger partial charge on any atom is 0.104 e. The predicted octanol–water partition coefficient (Wildman–Crippen LogP) is -0.429. The van der Waals surface area contributed by atoms with Crippen molar-refractivity contribution >= 4 is 0 Å². The highest BCUT2D eigenvalue weighted by atomic mass is 79.9. The van der Waals surface area contributed by atoms with Gasteiger partial charge in [0.1, 0.15) is 12.5 Å². The lowest BCUT2D eigenvalue weighted by molar-refractivity contribution is -0.935. The molecule has 3 heteroatoms. The molecule has 3 unspecified atom stereocenters. The largest absolute Gasteiger partial charge is 1.00 e. The highest BCUT2D eigenvalue weighted by Gasteiger charge is 2.47. The molecule has 0 radical (unpaired) electrons. The smallest absolute Gasteiger partial charge is 0.104 e. The summed E-state index contributed by atoms with van der Waals surface area (Å²) in [6, 6.07) is 13.3. The van der Waals surface area contributed by atoms with E-state index in [9.17, 15) is 5.26 Å². The SMILES string of the molecule is N#CC1C[N+]2(Cc3ccccc3)CCCC1C2.[Br-]. The van der Waals surface area contributed by atoms with Crippen LogP contribution in [0.1, 0.15) is 18.4 Å². The van der Waals surface area contributed by atoms with Gasteiger partial charge in [0.05, 0.1) is 25.7 Å². The summed E-state index contributed by atoms with van der Waals surface area (Å²) >= 11 is 0. The maximum absolute atomic E-state index is 9.23. The molecule has 0 amide bonds. The number of piperidine rings is 1. The zero-order valence-electron chi connectivity index (χ0n) is 10.6. The number of hydrogen-bond acceptors (Lipinski definition) is 1. The first-order valence-corrected chi connectivity index (χ1v) is 6.60. The van der Waals surface area contributed by atoms with Crippen molar-refractivity contribution in [2.75, 3.05) is 19.6 Å². The third-order valence-electron chi connectivity index (χ3n) is 4.51. The van der Waals surface area contributed by atoms with E-state index in [1.807, 2.05) is 0 Å². The van der Waals surface area contributed by atoms with E-state index < -0.39 is 0 Å². The fourth-order valence-corrected chi connectivity index (χ4v) is 3.75. The van der Waals surface area contributed by atoms with Crippen LogP contribution in [-0.2, 0) is 6.54 Å². The lowest BCUT2D eigenvalue weighted by Crippen LogP contribution is -3.00. The highest BCUT2D eigenvalue weighted by Crippen LogP contribution is 2.38. The van der Waals surface area contributed by atoms with Gasteiger partial charge in [-0.05, 0) is 12.8 Å². The van der Waals surface area contributed by atoms with Crippen LogP contribution >= 0.6 is 0 Å². The Morgan fingerprint density at radius 3 is 2.72 bits per heavy atom. The molecule has 2 aliphatic heterocycles. The van der Waals surface area contributed by atoms with Gasteiger partial charge in [0, 0.05) is 11.5 Å². The van der Waals surface area contributed by atoms with E-state index in [1.54, 1.807) is 0 Å². The summed E-state index contributed by atoms with van der Waals surface area (Å²) in [6.45, 7) is 4.70. The quantitative estimate of drug-likeness (QED) is 0.680. The zero-order valence-corrected chi connectivity index (χ0v) is 12.1. The maximum atomic E-state index is 9.23. The predicted molar refractivity (Wildman–Crippen MR) is 66.8 cm³/mol. The lowest BCUT2D eigenvalue weighted by Gasteiger charge is -2.37. The van der Waals surface area contributed by atoms with Crippen molar-refractivity contribution in [1.29, 1.82) is 5.26 Å². The van der Waals surface area contributed by atoms with Crippen molar-refractivity contribution in [3.8, 4) is 6.07 Å². The van der Waals surface area contributed by atoms with Gasteiger partial charge in [0.2, 0.25) is 0 Å². The Kier molecular flexibility index (Phi) is 4.09. The molecule has 0 N–H and O–H groups in total. The first-order chi connectivity index (χ1) is 8.31. The highest BCUT2D eigenvalue weighted by molar-refractivity contribution is 5.13. The zero-order chi connectivity index (χ0) is 11.7. The molecular formula is C15H19BrN2. The number of nitriles is 1. The summed E-state index contributed by atoms with van der Waals surface area (Å²) in [4.78, 5) is 0. The third-order valence-corrected chi connectivity index (χ3v) is 4.51. The average Bonchev–Trinajstić information content (AvgIpc) is 2.61. The molecule has 1 aromatic rings. The van der Waals surface area contributed by atoms with Crippen molar-refractivity contribution in [3.63, 3.8) is 0 Å². The molecule has 2 aliphatic rings. The molecule has 2 heterocycles. The van der Waals surface area contributed by atoms with Gasteiger partial charge in [0.15, 0.2) is 0 Å². The van der Waals surface area contributed by atoms with Crippen LogP contribution in [0.4, 0.5) is 0 Å². The van der Waals surface area contributed by atoms with Crippen molar-refractivity contribution in [2.24, 2.45) is 11.8 Å². The van der Waals surface area contributed by atoms with Crippen LogP contribution in [0.25, 0.3) is 0 Å². The molecule has 3 atom stereocenters. The molecule has 1 aromatic carbocycles. The molecule has 2 nitrogen and oxygen atoms in total. The Morgan fingerprint density at radius 1 is 1.22 bits per heavy atom. The van der Waals surface area contributed by atoms with Crippen LogP contribution in [-0.4, -0.2) is 24.1 Å². The first kappa shape index (κ1) is 13.6. The average molecular weight is 307 g/mol. The number of quaternary nitrogens is 1. The van der Waals surface area contributed by atoms with Crippen LogP contribution in [0.3, 0.4) is 0 Å². The molecule has 0 aliphatic carbocycles. The molecule has 96 valence electrons. The molecule has 0 aromatic heterocycles.